The minimum atomic E-state index is -1.04. The lowest BCUT2D eigenvalue weighted by Gasteiger charge is -2.12. The van der Waals surface area contributed by atoms with Gasteiger partial charge in [0.1, 0.15) is 6.04 Å². The van der Waals surface area contributed by atoms with Crippen molar-refractivity contribution < 1.29 is 14.7 Å². The van der Waals surface area contributed by atoms with E-state index in [1.54, 1.807) is 36.5 Å². The molecule has 2 rings (SSSR count). The highest BCUT2D eigenvalue weighted by Crippen LogP contribution is 2.13. The van der Waals surface area contributed by atoms with Crippen LogP contribution in [0.15, 0.2) is 36.5 Å². The summed E-state index contributed by atoms with van der Waals surface area (Å²) >= 11 is 5.83. The normalized spacial score (nSPS) is 11.9. The number of rotatable bonds is 7. The Morgan fingerprint density at radius 3 is 2.61 bits per heavy atom. The SMILES string of the molecule is CCCCC(NC(=O)c1ccn(-c2ccc(Cl)cc2)n1)C(=O)O. The highest BCUT2D eigenvalue weighted by atomic mass is 35.5. The molecule has 1 heterocycles. The molecule has 1 amide bonds. The summed E-state index contributed by atoms with van der Waals surface area (Å²) in [7, 11) is 0. The number of carbonyl (C=O) groups is 2. The van der Waals surface area contributed by atoms with Gasteiger partial charge in [-0.15, -0.1) is 0 Å². The molecule has 1 aromatic heterocycles. The third kappa shape index (κ3) is 4.56. The Morgan fingerprint density at radius 1 is 1.30 bits per heavy atom. The summed E-state index contributed by atoms with van der Waals surface area (Å²) in [5.74, 6) is -1.54. The second-order valence-electron chi connectivity index (χ2n) is 5.13. The average Bonchev–Trinajstić information content (AvgIpc) is 3.01. The van der Waals surface area contributed by atoms with Gasteiger partial charge >= 0.3 is 5.97 Å². The first-order chi connectivity index (χ1) is 11.0. The molecule has 2 aromatic rings. The lowest BCUT2D eigenvalue weighted by molar-refractivity contribution is -0.139. The van der Waals surface area contributed by atoms with Gasteiger partial charge in [-0.2, -0.15) is 5.10 Å². The lowest BCUT2D eigenvalue weighted by atomic mass is 10.1. The number of aromatic nitrogens is 2. The number of unbranched alkanes of at least 4 members (excludes halogenated alkanes) is 1. The van der Waals surface area contributed by atoms with Gasteiger partial charge in [0.25, 0.3) is 5.91 Å². The minimum absolute atomic E-state index is 0.169. The number of carboxylic acids is 1. The van der Waals surface area contributed by atoms with Crippen molar-refractivity contribution in [3.63, 3.8) is 0 Å². The van der Waals surface area contributed by atoms with Crippen LogP contribution in [-0.4, -0.2) is 32.8 Å². The fourth-order valence-electron chi connectivity index (χ4n) is 2.08. The highest BCUT2D eigenvalue weighted by molar-refractivity contribution is 6.30. The summed E-state index contributed by atoms with van der Waals surface area (Å²) < 4.78 is 1.53. The van der Waals surface area contributed by atoms with E-state index >= 15 is 0 Å². The molecule has 0 spiro atoms. The van der Waals surface area contributed by atoms with Crippen LogP contribution in [-0.2, 0) is 4.79 Å². The third-order valence-electron chi connectivity index (χ3n) is 3.36. The summed E-state index contributed by atoms with van der Waals surface area (Å²) in [5.41, 5.74) is 0.928. The van der Waals surface area contributed by atoms with Crippen LogP contribution < -0.4 is 5.32 Å². The summed E-state index contributed by atoms with van der Waals surface area (Å²) in [6, 6.07) is 7.65. The molecule has 1 aromatic carbocycles. The maximum absolute atomic E-state index is 12.2. The summed E-state index contributed by atoms with van der Waals surface area (Å²) in [5, 5.41) is 16.4. The van der Waals surface area contributed by atoms with E-state index in [0.29, 0.717) is 11.4 Å². The molecule has 7 heteroatoms. The minimum Gasteiger partial charge on any atom is -0.480 e. The molecule has 0 fully saturated rings. The zero-order valence-electron chi connectivity index (χ0n) is 12.7. The first-order valence-electron chi connectivity index (χ1n) is 7.36. The number of aliphatic carboxylic acids is 1. The molecule has 0 aliphatic rings. The van der Waals surface area contributed by atoms with Crippen LogP contribution in [0.3, 0.4) is 0 Å². The number of carbonyl (C=O) groups excluding carboxylic acids is 1. The van der Waals surface area contributed by atoms with Gasteiger partial charge in [-0.3, -0.25) is 4.79 Å². The largest absolute Gasteiger partial charge is 0.480 e. The number of amides is 1. The monoisotopic (exact) mass is 335 g/mol. The molecule has 23 heavy (non-hydrogen) atoms. The summed E-state index contributed by atoms with van der Waals surface area (Å²) in [4.78, 5) is 23.3. The standard InChI is InChI=1S/C16H18ClN3O3/c1-2-3-4-14(16(22)23)18-15(21)13-9-10-20(19-13)12-7-5-11(17)6-8-12/h5-10,14H,2-4H2,1H3,(H,18,21)(H,22,23). The number of nitrogens with one attached hydrogen (secondary N) is 1. The molecule has 0 saturated heterocycles. The topological polar surface area (TPSA) is 84.2 Å². The smallest absolute Gasteiger partial charge is 0.326 e. The second kappa shape index (κ2) is 7.78. The van der Waals surface area contributed by atoms with Gasteiger partial charge in [0, 0.05) is 11.2 Å². The molecular formula is C16H18ClN3O3. The van der Waals surface area contributed by atoms with Crippen molar-refractivity contribution in [3.05, 3.63) is 47.2 Å². The predicted molar refractivity (Wildman–Crippen MR) is 87.0 cm³/mol. The van der Waals surface area contributed by atoms with Crippen molar-refractivity contribution >= 4 is 23.5 Å². The van der Waals surface area contributed by atoms with E-state index in [4.69, 9.17) is 16.7 Å². The van der Waals surface area contributed by atoms with E-state index in [2.05, 4.69) is 10.4 Å². The second-order valence-corrected chi connectivity index (χ2v) is 5.56. The van der Waals surface area contributed by atoms with Crippen LogP contribution in [0.2, 0.25) is 5.02 Å². The van der Waals surface area contributed by atoms with Gasteiger partial charge in [-0.25, -0.2) is 9.48 Å². The first-order valence-corrected chi connectivity index (χ1v) is 7.74. The molecule has 2 N–H and O–H groups in total. The van der Waals surface area contributed by atoms with Crippen molar-refractivity contribution in [2.45, 2.75) is 32.2 Å². The van der Waals surface area contributed by atoms with Crippen molar-refractivity contribution in [1.82, 2.24) is 15.1 Å². The molecular weight excluding hydrogens is 318 g/mol. The van der Waals surface area contributed by atoms with E-state index in [1.165, 1.54) is 4.68 Å². The van der Waals surface area contributed by atoms with E-state index in [-0.39, 0.29) is 5.69 Å². The summed E-state index contributed by atoms with van der Waals surface area (Å²) in [6.45, 7) is 1.97. The number of nitrogens with zero attached hydrogens (tertiary/aromatic N) is 2. The molecule has 6 nitrogen and oxygen atoms in total. The average molecular weight is 336 g/mol. The fraction of sp³-hybridized carbons (Fsp3) is 0.312. The van der Waals surface area contributed by atoms with Crippen LogP contribution in [0.25, 0.3) is 5.69 Å². The molecule has 0 radical (unpaired) electrons. The van der Waals surface area contributed by atoms with Crippen LogP contribution in [0.4, 0.5) is 0 Å². The zero-order valence-corrected chi connectivity index (χ0v) is 13.5. The molecule has 0 saturated carbocycles. The van der Waals surface area contributed by atoms with E-state index in [1.807, 2.05) is 6.92 Å². The Kier molecular flexibility index (Phi) is 5.76. The number of carboxylic acid groups (broad SMARTS) is 1. The number of halogens is 1. The van der Waals surface area contributed by atoms with Crippen molar-refractivity contribution in [2.24, 2.45) is 0 Å². The van der Waals surface area contributed by atoms with Gasteiger partial charge in [-0.1, -0.05) is 31.4 Å². The van der Waals surface area contributed by atoms with Crippen LogP contribution in [0.1, 0.15) is 36.7 Å². The Labute approximate surface area is 139 Å². The van der Waals surface area contributed by atoms with Gasteiger partial charge in [0.05, 0.1) is 5.69 Å². The number of benzene rings is 1. The lowest BCUT2D eigenvalue weighted by Crippen LogP contribution is -2.40. The Bertz CT molecular complexity index is 682. The third-order valence-corrected chi connectivity index (χ3v) is 3.61. The van der Waals surface area contributed by atoms with Crippen molar-refractivity contribution in [2.75, 3.05) is 0 Å². The number of hydrogen-bond acceptors (Lipinski definition) is 3. The fourth-order valence-corrected chi connectivity index (χ4v) is 2.21. The van der Waals surface area contributed by atoms with E-state index < -0.39 is 17.9 Å². The van der Waals surface area contributed by atoms with Crippen molar-refractivity contribution in [1.29, 1.82) is 0 Å². The van der Waals surface area contributed by atoms with Crippen LogP contribution >= 0.6 is 11.6 Å². The Morgan fingerprint density at radius 2 is 2.00 bits per heavy atom. The maximum Gasteiger partial charge on any atom is 0.326 e. The predicted octanol–water partition coefficient (Wildman–Crippen LogP) is 2.90. The van der Waals surface area contributed by atoms with Crippen molar-refractivity contribution in [3.8, 4) is 5.69 Å². The number of hydrogen-bond donors (Lipinski definition) is 2. The van der Waals surface area contributed by atoms with Crippen LogP contribution in [0, 0.1) is 0 Å². The van der Waals surface area contributed by atoms with Gasteiger partial charge < -0.3 is 10.4 Å². The maximum atomic E-state index is 12.2. The van der Waals surface area contributed by atoms with Gasteiger partial charge in [-0.05, 0) is 36.8 Å². The zero-order chi connectivity index (χ0) is 16.8. The quantitative estimate of drug-likeness (QED) is 0.814. The van der Waals surface area contributed by atoms with Gasteiger partial charge in [0.2, 0.25) is 0 Å². The molecule has 1 atom stereocenters. The Balaban J connectivity index is 2.08. The van der Waals surface area contributed by atoms with E-state index in [9.17, 15) is 9.59 Å². The first kappa shape index (κ1) is 17.0. The summed E-state index contributed by atoms with van der Waals surface area (Å²) in [6.07, 6.45) is 3.64. The Hall–Kier alpha value is -2.34. The highest BCUT2D eigenvalue weighted by Gasteiger charge is 2.21. The van der Waals surface area contributed by atoms with Gasteiger partial charge in [0.15, 0.2) is 5.69 Å². The molecule has 0 aliphatic carbocycles. The van der Waals surface area contributed by atoms with E-state index in [0.717, 1.165) is 18.5 Å². The molecule has 0 bridgehead atoms. The molecule has 0 aliphatic heterocycles. The molecule has 1 unspecified atom stereocenters. The molecule has 122 valence electrons. The van der Waals surface area contributed by atoms with Crippen LogP contribution in [0.5, 0.6) is 0 Å².